The molecule has 2 rings (SSSR count). The molecule has 3 heteroatoms. The van der Waals surface area contributed by atoms with E-state index in [9.17, 15) is 0 Å². The molecule has 0 saturated heterocycles. The van der Waals surface area contributed by atoms with Crippen molar-refractivity contribution < 1.29 is 0 Å². The molecule has 15 heavy (non-hydrogen) atoms. The van der Waals surface area contributed by atoms with E-state index in [1.807, 2.05) is 17.9 Å². The Kier molecular flexibility index (Phi) is 3.10. The van der Waals surface area contributed by atoms with E-state index in [0.29, 0.717) is 5.41 Å². The Morgan fingerprint density at radius 1 is 1.53 bits per heavy atom. The van der Waals surface area contributed by atoms with Crippen LogP contribution in [0.1, 0.15) is 31.7 Å². The van der Waals surface area contributed by atoms with Crippen molar-refractivity contribution >= 4 is 0 Å². The second kappa shape index (κ2) is 4.35. The molecule has 0 aliphatic heterocycles. The maximum atomic E-state index is 4.24. The van der Waals surface area contributed by atoms with Gasteiger partial charge in [0.2, 0.25) is 0 Å². The van der Waals surface area contributed by atoms with Crippen LogP contribution >= 0.6 is 0 Å². The van der Waals surface area contributed by atoms with Gasteiger partial charge in [-0.25, -0.2) is 0 Å². The third-order valence-electron chi connectivity index (χ3n) is 3.50. The number of aromatic nitrogens is 2. The largest absolute Gasteiger partial charge is 0.316 e. The van der Waals surface area contributed by atoms with Gasteiger partial charge < -0.3 is 5.32 Å². The van der Waals surface area contributed by atoms with E-state index in [4.69, 9.17) is 0 Å². The lowest BCUT2D eigenvalue weighted by Crippen LogP contribution is -2.41. The summed E-state index contributed by atoms with van der Waals surface area (Å²) in [5.41, 5.74) is 1.91. The van der Waals surface area contributed by atoms with Gasteiger partial charge >= 0.3 is 0 Å². The van der Waals surface area contributed by atoms with Crippen molar-refractivity contribution in [2.45, 2.75) is 32.6 Å². The molecule has 1 heterocycles. The van der Waals surface area contributed by atoms with Crippen LogP contribution in [0.15, 0.2) is 12.4 Å². The molecule has 1 aliphatic carbocycles. The third kappa shape index (κ3) is 2.40. The molecule has 0 bridgehead atoms. The van der Waals surface area contributed by atoms with Crippen LogP contribution in [-0.2, 0) is 13.5 Å². The Labute approximate surface area is 91.9 Å². The maximum absolute atomic E-state index is 4.24. The van der Waals surface area contributed by atoms with Crippen LogP contribution in [0.2, 0.25) is 0 Å². The maximum Gasteiger partial charge on any atom is 0.0521 e. The summed E-state index contributed by atoms with van der Waals surface area (Å²) in [7, 11) is 1.99. The van der Waals surface area contributed by atoms with Gasteiger partial charge in [-0.15, -0.1) is 0 Å². The van der Waals surface area contributed by atoms with Crippen molar-refractivity contribution in [3.63, 3.8) is 0 Å². The molecular weight excluding hydrogens is 186 g/mol. The van der Waals surface area contributed by atoms with Gasteiger partial charge in [-0.3, -0.25) is 4.68 Å². The molecule has 0 atom stereocenters. The molecule has 0 amide bonds. The summed E-state index contributed by atoms with van der Waals surface area (Å²) in [6, 6.07) is 0. The summed E-state index contributed by atoms with van der Waals surface area (Å²) in [5.74, 6) is 0. The average molecular weight is 207 g/mol. The summed E-state index contributed by atoms with van der Waals surface area (Å²) >= 11 is 0. The van der Waals surface area contributed by atoms with Gasteiger partial charge in [0.15, 0.2) is 0 Å². The molecule has 1 N–H and O–H groups in total. The predicted octanol–water partition coefficient (Wildman–Crippen LogP) is 1.74. The SMILES string of the molecule is CCNCC1(Cc2cnn(C)c2)CCC1. The summed E-state index contributed by atoms with van der Waals surface area (Å²) in [4.78, 5) is 0. The van der Waals surface area contributed by atoms with E-state index in [1.54, 1.807) is 0 Å². The lowest BCUT2D eigenvalue weighted by Gasteiger charge is -2.42. The zero-order valence-electron chi connectivity index (χ0n) is 9.79. The lowest BCUT2D eigenvalue weighted by atomic mass is 9.65. The fourth-order valence-corrected chi connectivity index (χ4v) is 2.48. The Morgan fingerprint density at radius 3 is 2.80 bits per heavy atom. The minimum absolute atomic E-state index is 0.527. The summed E-state index contributed by atoms with van der Waals surface area (Å²) in [6.07, 6.45) is 9.47. The second-order valence-corrected chi connectivity index (χ2v) is 4.83. The van der Waals surface area contributed by atoms with E-state index in [-0.39, 0.29) is 0 Å². The van der Waals surface area contributed by atoms with Crippen LogP contribution in [0.4, 0.5) is 0 Å². The summed E-state index contributed by atoms with van der Waals surface area (Å²) < 4.78 is 1.90. The molecular formula is C12H21N3. The number of nitrogens with one attached hydrogen (secondary N) is 1. The highest BCUT2D eigenvalue weighted by Gasteiger charge is 2.36. The van der Waals surface area contributed by atoms with Crippen molar-refractivity contribution in [2.75, 3.05) is 13.1 Å². The smallest absolute Gasteiger partial charge is 0.0521 e. The molecule has 1 aliphatic rings. The minimum atomic E-state index is 0.527. The molecule has 0 spiro atoms. The first kappa shape index (κ1) is 10.7. The van der Waals surface area contributed by atoms with Crippen LogP contribution in [0.3, 0.4) is 0 Å². The molecule has 84 valence electrons. The minimum Gasteiger partial charge on any atom is -0.316 e. The molecule has 1 aromatic rings. The van der Waals surface area contributed by atoms with Crippen molar-refractivity contribution in [2.24, 2.45) is 12.5 Å². The molecule has 0 aromatic carbocycles. The van der Waals surface area contributed by atoms with Crippen LogP contribution < -0.4 is 5.32 Å². The number of nitrogens with zero attached hydrogens (tertiary/aromatic N) is 2. The fraction of sp³-hybridized carbons (Fsp3) is 0.750. The van der Waals surface area contributed by atoms with Crippen molar-refractivity contribution in [3.05, 3.63) is 18.0 Å². The Hall–Kier alpha value is -0.830. The highest BCUT2D eigenvalue weighted by Crippen LogP contribution is 2.43. The van der Waals surface area contributed by atoms with E-state index in [1.165, 1.54) is 37.8 Å². The Balaban J connectivity index is 1.95. The van der Waals surface area contributed by atoms with Gasteiger partial charge in [0.25, 0.3) is 0 Å². The van der Waals surface area contributed by atoms with Gasteiger partial charge in [0, 0.05) is 19.8 Å². The first-order valence-electron chi connectivity index (χ1n) is 5.92. The lowest BCUT2D eigenvalue weighted by molar-refractivity contribution is 0.131. The van der Waals surface area contributed by atoms with Gasteiger partial charge in [-0.05, 0) is 36.8 Å². The molecule has 1 fully saturated rings. The topological polar surface area (TPSA) is 29.9 Å². The molecule has 0 radical (unpaired) electrons. The normalized spacial score (nSPS) is 18.8. The molecule has 1 aromatic heterocycles. The van der Waals surface area contributed by atoms with Crippen molar-refractivity contribution in [3.8, 4) is 0 Å². The van der Waals surface area contributed by atoms with E-state index < -0.39 is 0 Å². The number of aryl methyl sites for hydroxylation is 1. The van der Waals surface area contributed by atoms with Gasteiger partial charge in [0.1, 0.15) is 0 Å². The number of hydrogen-bond acceptors (Lipinski definition) is 2. The van der Waals surface area contributed by atoms with E-state index in [2.05, 4.69) is 23.5 Å². The van der Waals surface area contributed by atoms with Gasteiger partial charge in [0.05, 0.1) is 6.20 Å². The predicted molar refractivity (Wildman–Crippen MR) is 61.7 cm³/mol. The molecule has 1 saturated carbocycles. The zero-order valence-corrected chi connectivity index (χ0v) is 9.79. The van der Waals surface area contributed by atoms with E-state index in [0.717, 1.165) is 6.54 Å². The van der Waals surface area contributed by atoms with Crippen LogP contribution in [-0.4, -0.2) is 22.9 Å². The summed E-state index contributed by atoms with van der Waals surface area (Å²) in [6.45, 7) is 4.42. The summed E-state index contributed by atoms with van der Waals surface area (Å²) in [5, 5.41) is 7.73. The number of rotatable bonds is 5. The third-order valence-corrected chi connectivity index (χ3v) is 3.50. The first-order chi connectivity index (χ1) is 7.24. The monoisotopic (exact) mass is 207 g/mol. The van der Waals surface area contributed by atoms with Crippen molar-refractivity contribution in [1.29, 1.82) is 0 Å². The average Bonchev–Trinajstić information content (AvgIpc) is 2.56. The number of hydrogen-bond donors (Lipinski definition) is 1. The standard InChI is InChI=1S/C12H21N3/c1-3-13-10-12(5-4-6-12)7-11-8-14-15(2)9-11/h8-9,13H,3-7,10H2,1-2H3. The quantitative estimate of drug-likeness (QED) is 0.797. The van der Waals surface area contributed by atoms with Gasteiger partial charge in [-0.1, -0.05) is 13.3 Å². The Bertz CT molecular complexity index is 312. The Morgan fingerprint density at radius 2 is 2.33 bits per heavy atom. The van der Waals surface area contributed by atoms with Gasteiger partial charge in [-0.2, -0.15) is 5.10 Å². The second-order valence-electron chi connectivity index (χ2n) is 4.83. The highest BCUT2D eigenvalue weighted by molar-refractivity contribution is 5.09. The van der Waals surface area contributed by atoms with Crippen LogP contribution in [0.5, 0.6) is 0 Å². The first-order valence-corrected chi connectivity index (χ1v) is 5.92. The van der Waals surface area contributed by atoms with Crippen molar-refractivity contribution in [1.82, 2.24) is 15.1 Å². The fourth-order valence-electron chi connectivity index (χ4n) is 2.48. The van der Waals surface area contributed by atoms with Crippen LogP contribution in [0.25, 0.3) is 0 Å². The van der Waals surface area contributed by atoms with Crippen LogP contribution in [0, 0.1) is 5.41 Å². The van der Waals surface area contributed by atoms with E-state index >= 15 is 0 Å². The molecule has 3 nitrogen and oxygen atoms in total. The molecule has 0 unspecified atom stereocenters. The zero-order chi connectivity index (χ0) is 10.7. The highest BCUT2D eigenvalue weighted by atomic mass is 15.2.